The molecule has 126 valence electrons. The van der Waals surface area contributed by atoms with E-state index in [4.69, 9.17) is 4.74 Å². The monoisotopic (exact) mass is 346 g/mol. The molecule has 7 nitrogen and oxygen atoms in total. The lowest BCUT2D eigenvalue weighted by atomic mass is 10.2. The van der Waals surface area contributed by atoms with E-state index < -0.39 is 0 Å². The van der Waals surface area contributed by atoms with Crippen LogP contribution in [0.15, 0.2) is 24.3 Å². The van der Waals surface area contributed by atoms with Crippen molar-refractivity contribution in [3.05, 3.63) is 39.8 Å². The summed E-state index contributed by atoms with van der Waals surface area (Å²) in [4.78, 5) is 24.1. The van der Waals surface area contributed by atoms with E-state index in [1.165, 1.54) is 11.3 Å². The Morgan fingerprint density at radius 1 is 1.25 bits per heavy atom. The molecule has 2 N–H and O–H groups in total. The summed E-state index contributed by atoms with van der Waals surface area (Å²) in [7, 11) is 0. The second-order valence-corrected chi connectivity index (χ2v) is 6.68. The Balaban J connectivity index is 1.54. The van der Waals surface area contributed by atoms with Crippen LogP contribution in [0.1, 0.15) is 38.0 Å². The Labute approximate surface area is 143 Å². The van der Waals surface area contributed by atoms with Crippen molar-refractivity contribution < 1.29 is 14.3 Å². The van der Waals surface area contributed by atoms with Crippen LogP contribution in [0.4, 0.5) is 5.69 Å². The summed E-state index contributed by atoms with van der Waals surface area (Å²) in [5.74, 6) is -0.459. The first-order chi connectivity index (χ1) is 11.6. The van der Waals surface area contributed by atoms with E-state index >= 15 is 0 Å². The van der Waals surface area contributed by atoms with Gasteiger partial charge in [0.05, 0.1) is 6.10 Å². The summed E-state index contributed by atoms with van der Waals surface area (Å²) in [6.45, 7) is 3.08. The average Bonchev–Trinajstić information content (AvgIpc) is 3.25. The normalized spacial score (nSPS) is 16.8. The predicted octanol–water partition coefficient (Wildman–Crippen LogP) is 2.01. The number of hydrogen-bond acceptors (Lipinski definition) is 6. The number of nitrogens with one attached hydrogen (secondary N) is 2. The minimum atomic E-state index is -0.309. The molecule has 8 heteroatoms. The molecule has 0 radical (unpaired) electrons. The fourth-order valence-electron chi connectivity index (χ4n) is 2.39. The van der Waals surface area contributed by atoms with E-state index in [1.807, 2.05) is 0 Å². The standard InChI is InChI=1S/C16H18N4O3S/c1-10-19-20-16(24-10)15(22)18-12-6-4-11(5-7-12)14(21)17-9-13-3-2-8-23-13/h4-7,13H,2-3,8-9H2,1H3,(H,17,21)(H,18,22)/t13-/m0/s1. The Hall–Kier alpha value is -2.32. The number of aromatic nitrogens is 2. The van der Waals surface area contributed by atoms with Crippen molar-refractivity contribution in [1.82, 2.24) is 15.5 Å². The van der Waals surface area contributed by atoms with Crippen LogP contribution in [0.2, 0.25) is 0 Å². The molecule has 1 aromatic carbocycles. The molecular formula is C16H18N4O3S. The molecule has 24 heavy (non-hydrogen) atoms. The quantitative estimate of drug-likeness (QED) is 0.864. The van der Waals surface area contributed by atoms with Crippen molar-refractivity contribution in [1.29, 1.82) is 0 Å². The smallest absolute Gasteiger partial charge is 0.286 e. The zero-order valence-corrected chi connectivity index (χ0v) is 14.1. The molecule has 0 aliphatic carbocycles. The fraction of sp³-hybridized carbons (Fsp3) is 0.375. The number of hydrogen-bond donors (Lipinski definition) is 2. The zero-order valence-electron chi connectivity index (χ0n) is 13.2. The minimum Gasteiger partial charge on any atom is -0.376 e. The van der Waals surface area contributed by atoms with Crippen LogP contribution in [-0.4, -0.2) is 41.3 Å². The highest BCUT2D eigenvalue weighted by Crippen LogP contribution is 2.14. The van der Waals surface area contributed by atoms with E-state index in [0.717, 1.165) is 24.5 Å². The van der Waals surface area contributed by atoms with E-state index in [0.29, 0.717) is 22.8 Å². The average molecular weight is 346 g/mol. The van der Waals surface area contributed by atoms with Crippen LogP contribution in [-0.2, 0) is 4.74 Å². The topological polar surface area (TPSA) is 93.2 Å². The first-order valence-electron chi connectivity index (χ1n) is 7.73. The van der Waals surface area contributed by atoms with Gasteiger partial charge in [-0.3, -0.25) is 9.59 Å². The van der Waals surface area contributed by atoms with Crippen molar-refractivity contribution in [2.45, 2.75) is 25.9 Å². The van der Waals surface area contributed by atoms with Gasteiger partial charge in [0.25, 0.3) is 11.8 Å². The molecule has 1 saturated heterocycles. The Morgan fingerprint density at radius 3 is 2.67 bits per heavy atom. The summed E-state index contributed by atoms with van der Waals surface area (Å²) < 4.78 is 5.47. The Morgan fingerprint density at radius 2 is 2.04 bits per heavy atom. The number of aryl methyl sites for hydroxylation is 1. The number of carbonyl (C=O) groups excluding carboxylic acids is 2. The molecule has 2 aromatic rings. The number of amides is 2. The van der Waals surface area contributed by atoms with Crippen LogP contribution in [0.3, 0.4) is 0 Å². The lowest BCUT2D eigenvalue weighted by Gasteiger charge is -2.11. The van der Waals surface area contributed by atoms with Gasteiger partial charge in [0.15, 0.2) is 0 Å². The SMILES string of the molecule is Cc1nnc(C(=O)Nc2ccc(C(=O)NC[C@@H]3CCCO3)cc2)s1. The highest BCUT2D eigenvalue weighted by molar-refractivity contribution is 7.13. The number of ether oxygens (including phenoxy) is 1. The van der Waals surface area contributed by atoms with Gasteiger partial charge in [-0.15, -0.1) is 10.2 Å². The third kappa shape index (κ3) is 4.15. The van der Waals surface area contributed by atoms with Gasteiger partial charge in [0.2, 0.25) is 5.01 Å². The molecule has 2 heterocycles. The maximum atomic E-state index is 12.1. The molecule has 0 saturated carbocycles. The minimum absolute atomic E-state index is 0.114. The maximum Gasteiger partial charge on any atom is 0.286 e. The molecule has 0 spiro atoms. The van der Waals surface area contributed by atoms with Gasteiger partial charge in [-0.1, -0.05) is 11.3 Å². The van der Waals surface area contributed by atoms with Crippen LogP contribution < -0.4 is 10.6 Å². The number of benzene rings is 1. The molecule has 3 rings (SSSR count). The van der Waals surface area contributed by atoms with Gasteiger partial charge in [-0.25, -0.2) is 0 Å². The lowest BCUT2D eigenvalue weighted by Crippen LogP contribution is -2.31. The van der Waals surface area contributed by atoms with Crippen LogP contribution in [0, 0.1) is 6.92 Å². The largest absolute Gasteiger partial charge is 0.376 e. The molecule has 1 aromatic heterocycles. The summed E-state index contributed by atoms with van der Waals surface area (Å²) in [6, 6.07) is 6.72. The first-order valence-corrected chi connectivity index (χ1v) is 8.55. The van der Waals surface area contributed by atoms with Crippen molar-refractivity contribution in [2.24, 2.45) is 0 Å². The number of nitrogens with zero attached hydrogens (tertiary/aromatic N) is 2. The lowest BCUT2D eigenvalue weighted by molar-refractivity contribution is 0.0857. The first kappa shape index (κ1) is 16.5. The van der Waals surface area contributed by atoms with Gasteiger partial charge in [0.1, 0.15) is 5.01 Å². The highest BCUT2D eigenvalue weighted by atomic mass is 32.1. The van der Waals surface area contributed by atoms with Crippen molar-refractivity contribution in [2.75, 3.05) is 18.5 Å². The zero-order chi connectivity index (χ0) is 16.9. The molecule has 1 aliphatic rings. The third-order valence-corrected chi connectivity index (χ3v) is 4.48. The van der Waals surface area contributed by atoms with Crippen LogP contribution >= 0.6 is 11.3 Å². The number of carbonyl (C=O) groups is 2. The van der Waals surface area contributed by atoms with Gasteiger partial charge in [0, 0.05) is 24.4 Å². The van der Waals surface area contributed by atoms with E-state index in [-0.39, 0.29) is 17.9 Å². The van der Waals surface area contributed by atoms with Crippen molar-refractivity contribution >= 4 is 28.8 Å². The maximum absolute atomic E-state index is 12.1. The number of rotatable bonds is 5. The molecule has 0 unspecified atom stereocenters. The second kappa shape index (κ2) is 7.50. The van der Waals surface area contributed by atoms with Gasteiger partial charge in [-0.05, 0) is 44.0 Å². The highest BCUT2D eigenvalue weighted by Gasteiger charge is 2.17. The van der Waals surface area contributed by atoms with E-state index in [1.54, 1.807) is 31.2 Å². The van der Waals surface area contributed by atoms with Crippen LogP contribution in [0.5, 0.6) is 0 Å². The Kier molecular flexibility index (Phi) is 5.17. The van der Waals surface area contributed by atoms with Gasteiger partial charge in [-0.2, -0.15) is 0 Å². The Bertz CT molecular complexity index is 723. The summed E-state index contributed by atoms with van der Waals surface area (Å²) in [6.07, 6.45) is 2.14. The van der Waals surface area contributed by atoms with Crippen LogP contribution in [0.25, 0.3) is 0 Å². The van der Waals surface area contributed by atoms with Gasteiger partial charge >= 0.3 is 0 Å². The van der Waals surface area contributed by atoms with E-state index in [9.17, 15) is 9.59 Å². The molecule has 1 atom stereocenters. The third-order valence-electron chi connectivity index (χ3n) is 3.64. The van der Waals surface area contributed by atoms with Crippen molar-refractivity contribution in [3.8, 4) is 0 Å². The molecule has 2 amide bonds. The van der Waals surface area contributed by atoms with Gasteiger partial charge < -0.3 is 15.4 Å². The predicted molar refractivity (Wildman–Crippen MR) is 90.3 cm³/mol. The summed E-state index contributed by atoms with van der Waals surface area (Å²) >= 11 is 1.23. The molecule has 1 aliphatic heterocycles. The number of anilines is 1. The summed E-state index contributed by atoms with van der Waals surface area (Å²) in [5, 5.41) is 14.3. The molecular weight excluding hydrogens is 328 g/mol. The van der Waals surface area contributed by atoms with Crippen molar-refractivity contribution in [3.63, 3.8) is 0 Å². The second-order valence-electron chi connectivity index (χ2n) is 5.50. The fourth-order valence-corrected chi connectivity index (χ4v) is 2.98. The summed E-state index contributed by atoms with van der Waals surface area (Å²) in [5.41, 5.74) is 1.14. The van der Waals surface area contributed by atoms with E-state index in [2.05, 4.69) is 20.8 Å². The molecule has 1 fully saturated rings. The molecule has 0 bridgehead atoms.